The summed E-state index contributed by atoms with van der Waals surface area (Å²) in [6.07, 6.45) is -2.71. The molecule has 1 amide bonds. The van der Waals surface area contributed by atoms with Crippen molar-refractivity contribution >= 4 is 17.3 Å². The highest BCUT2D eigenvalue weighted by molar-refractivity contribution is 6.06. The lowest BCUT2D eigenvalue weighted by Crippen LogP contribution is -2.22. The van der Waals surface area contributed by atoms with E-state index in [1.165, 1.54) is 25.3 Å². The van der Waals surface area contributed by atoms with E-state index in [0.717, 1.165) is 31.0 Å². The van der Waals surface area contributed by atoms with E-state index in [0.29, 0.717) is 18.8 Å². The number of methoxy groups -OCH3 is 1. The van der Waals surface area contributed by atoms with E-state index in [9.17, 15) is 22.4 Å². The van der Waals surface area contributed by atoms with Gasteiger partial charge in [0.15, 0.2) is 0 Å². The third kappa shape index (κ3) is 4.15. The molecule has 1 heterocycles. The van der Waals surface area contributed by atoms with Crippen LogP contribution in [-0.2, 0) is 6.18 Å². The highest BCUT2D eigenvalue weighted by Gasteiger charge is 2.32. The summed E-state index contributed by atoms with van der Waals surface area (Å²) in [5.41, 5.74) is -0.661. The molecule has 2 aromatic rings. The maximum absolute atomic E-state index is 14.1. The number of amides is 1. The largest absolute Gasteiger partial charge is 0.497 e. The number of alkyl halides is 3. The molecule has 27 heavy (non-hydrogen) atoms. The number of rotatable bonds is 4. The van der Waals surface area contributed by atoms with Gasteiger partial charge in [-0.3, -0.25) is 4.79 Å². The quantitative estimate of drug-likeness (QED) is 0.779. The molecule has 0 aliphatic carbocycles. The first-order chi connectivity index (χ1) is 12.8. The van der Waals surface area contributed by atoms with E-state index < -0.39 is 23.5 Å². The molecule has 144 valence electrons. The number of hydrogen-bond donors (Lipinski definition) is 1. The third-order valence-corrected chi connectivity index (χ3v) is 4.44. The number of halogens is 4. The van der Waals surface area contributed by atoms with Gasteiger partial charge >= 0.3 is 6.18 Å². The SMILES string of the molecule is COc1ccc(C(=O)Nc2cc(C(F)(F)F)ccc2N2CCCC2)c(F)c1. The molecule has 2 aromatic carbocycles. The van der Waals surface area contributed by atoms with E-state index >= 15 is 0 Å². The average Bonchev–Trinajstić information content (AvgIpc) is 3.15. The molecular formula is C19H18F4N2O2. The maximum atomic E-state index is 14.1. The summed E-state index contributed by atoms with van der Waals surface area (Å²) in [4.78, 5) is 14.4. The first kappa shape index (κ1) is 19.0. The minimum Gasteiger partial charge on any atom is -0.497 e. The van der Waals surface area contributed by atoms with E-state index in [1.54, 1.807) is 0 Å². The number of nitrogens with one attached hydrogen (secondary N) is 1. The number of hydrogen-bond acceptors (Lipinski definition) is 3. The summed E-state index contributed by atoms with van der Waals surface area (Å²) in [5.74, 6) is -1.41. The number of ether oxygens (including phenoxy) is 1. The van der Waals surface area contributed by atoms with Gasteiger partial charge in [0.25, 0.3) is 5.91 Å². The Hall–Kier alpha value is -2.77. The zero-order valence-electron chi connectivity index (χ0n) is 14.6. The molecule has 0 aromatic heterocycles. The molecule has 0 radical (unpaired) electrons. The summed E-state index contributed by atoms with van der Waals surface area (Å²) < 4.78 is 58.3. The molecule has 1 N–H and O–H groups in total. The zero-order chi connectivity index (χ0) is 19.6. The lowest BCUT2D eigenvalue weighted by atomic mass is 10.1. The maximum Gasteiger partial charge on any atom is 0.416 e. The molecule has 0 atom stereocenters. The number of nitrogens with zero attached hydrogens (tertiary/aromatic N) is 1. The van der Waals surface area contributed by atoms with Gasteiger partial charge < -0.3 is 15.0 Å². The second kappa shape index (κ2) is 7.46. The topological polar surface area (TPSA) is 41.6 Å². The van der Waals surface area contributed by atoms with Crippen LogP contribution in [0.4, 0.5) is 28.9 Å². The highest BCUT2D eigenvalue weighted by Crippen LogP contribution is 2.36. The molecule has 1 aliphatic heterocycles. The third-order valence-electron chi connectivity index (χ3n) is 4.44. The predicted molar refractivity (Wildman–Crippen MR) is 93.8 cm³/mol. The molecule has 0 unspecified atom stereocenters. The number of anilines is 2. The Morgan fingerprint density at radius 1 is 1.11 bits per heavy atom. The molecule has 0 spiro atoms. The lowest BCUT2D eigenvalue weighted by Gasteiger charge is -2.23. The number of benzene rings is 2. The Balaban J connectivity index is 1.94. The molecule has 1 aliphatic rings. The second-order valence-electron chi connectivity index (χ2n) is 6.22. The van der Waals surface area contributed by atoms with Crippen LogP contribution in [0.3, 0.4) is 0 Å². The van der Waals surface area contributed by atoms with Gasteiger partial charge in [-0.2, -0.15) is 13.2 Å². The molecule has 0 bridgehead atoms. The molecular weight excluding hydrogens is 364 g/mol. The molecule has 4 nitrogen and oxygen atoms in total. The van der Waals surface area contributed by atoms with Crippen molar-refractivity contribution in [2.45, 2.75) is 19.0 Å². The lowest BCUT2D eigenvalue weighted by molar-refractivity contribution is -0.137. The van der Waals surface area contributed by atoms with Gasteiger partial charge in [-0.1, -0.05) is 0 Å². The van der Waals surface area contributed by atoms with Crippen molar-refractivity contribution in [3.8, 4) is 5.75 Å². The molecule has 0 saturated carbocycles. The predicted octanol–water partition coefficient (Wildman–Crippen LogP) is 4.71. The molecule has 8 heteroatoms. The van der Waals surface area contributed by atoms with Crippen molar-refractivity contribution in [2.75, 3.05) is 30.4 Å². The smallest absolute Gasteiger partial charge is 0.416 e. The summed E-state index contributed by atoms with van der Waals surface area (Å²) in [6, 6.07) is 6.89. The van der Waals surface area contributed by atoms with Crippen LogP contribution < -0.4 is 15.0 Å². The van der Waals surface area contributed by atoms with Crippen LogP contribution in [0, 0.1) is 5.82 Å². The van der Waals surface area contributed by atoms with Crippen LogP contribution in [0.2, 0.25) is 0 Å². The fourth-order valence-electron chi connectivity index (χ4n) is 3.04. The number of carbonyl (C=O) groups is 1. The van der Waals surface area contributed by atoms with E-state index in [1.807, 2.05) is 4.90 Å². The summed E-state index contributed by atoms with van der Waals surface area (Å²) >= 11 is 0. The monoisotopic (exact) mass is 382 g/mol. The summed E-state index contributed by atoms with van der Waals surface area (Å²) in [5, 5.41) is 2.43. The fourth-order valence-corrected chi connectivity index (χ4v) is 3.04. The first-order valence-electron chi connectivity index (χ1n) is 8.40. The standard InChI is InChI=1S/C19H18F4N2O2/c1-27-13-5-6-14(15(20)11-13)18(26)24-16-10-12(19(21,22)23)4-7-17(16)25-8-2-3-9-25/h4-7,10-11H,2-3,8-9H2,1H3,(H,24,26). The minimum atomic E-state index is -4.55. The Morgan fingerprint density at radius 2 is 1.81 bits per heavy atom. The van der Waals surface area contributed by atoms with Gasteiger partial charge in [0.2, 0.25) is 0 Å². The normalized spacial score (nSPS) is 14.3. The van der Waals surface area contributed by atoms with Crippen LogP contribution in [0.25, 0.3) is 0 Å². The van der Waals surface area contributed by atoms with Crippen molar-refractivity contribution in [3.63, 3.8) is 0 Å². The van der Waals surface area contributed by atoms with E-state index in [4.69, 9.17) is 4.74 Å². The van der Waals surface area contributed by atoms with Gasteiger partial charge in [0.05, 0.1) is 29.6 Å². The molecule has 1 saturated heterocycles. The fraction of sp³-hybridized carbons (Fsp3) is 0.316. The summed E-state index contributed by atoms with van der Waals surface area (Å²) in [7, 11) is 1.36. The minimum absolute atomic E-state index is 0.00643. The van der Waals surface area contributed by atoms with Gasteiger partial charge in [0.1, 0.15) is 11.6 Å². The van der Waals surface area contributed by atoms with Crippen molar-refractivity contribution in [1.82, 2.24) is 0 Å². The van der Waals surface area contributed by atoms with Gasteiger partial charge in [-0.25, -0.2) is 4.39 Å². The van der Waals surface area contributed by atoms with E-state index in [2.05, 4.69) is 5.32 Å². The van der Waals surface area contributed by atoms with Crippen molar-refractivity contribution in [2.24, 2.45) is 0 Å². The van der Waals surface area contributed by atoms with Crippen molar-refractivity contribution in [1.29, 1.82) is 0 Å². The van der Waals surface area contributed by atoms with Gasteiger partial charge in [-0.15, -0.1) is 0 Å². The van der Waals surface area contributed by atoms with Crippen LogP contribution in [0.1, 0.15) is 28.8 Å². The van der Waals surface area contributed by atoms with Crippen molar-refractivity contribution < 1.29 is 27.1 Å². The zero-order valence-corrected chi connectivity index (χ0v) is 14.6. The first-order valence-corrected chi connectivity index (χ1v) is 8.40. The van der Waals surface area contributed by atoms with Crippen LogP contribution in [0.5, 0.6) is 5.75 Å². The van der Waals surface area contributed by atoms with Crippen LogP contribution in [0.15, 0.2) is 36.4 Å². The van der Waals surface area contributed by atoms with Crippen molar-refractivity contribution in [3.05, 3.63) is 53.3 Å². The summed E-state index contributed by atoms with van der Waals surface area (Å²) in [6.45, 7) is 1.37. The average molecular weight is 382 g/mol. The Bertz CT molecular complexity index is 846. The number of carbonyl (C=O) groups excluding carboxylic acids is 1. The molecule has 3 rings (SSSR count). The van der Waals surface area contributed by atoms with Gasteiger partial charge in [0, 0.05) is 19.2 Å². The van der Waals surface area contributed by atoms with Crippen LogP contribution >= 0.6 is 0 Å². The van der Waals surface area contributed by atoms with E-state index in [-0.39, 0.29) is 17.0 Å². The molecule has 1 fully saturated rings. The Morgan fingerprint density at radius 3 is 2.41 bits per heavy atom. The Kier molecular flexibility index (Phi) is 5.25. The second-order valence-corrected chi connectivity index (χ2v) is 6.22. The Labute approximate surface area is 153 Å². The van der Waals surface area contributed by atoms with Gasteiger partial charge in [-0.05, 0) is 43.2 Å². The highest BCUT2D eigenvalue weighted by atomic mass is 19.4. The van der Waals surface area contributed by atoms with Crippen LogP contribution in [-0.4, -0.2) is 26.1 Å².